The zero-order valence-corrected chi connectivity index (χ0v) is 12.8. The summed E-state index contributed by atoms with van der Waals surface area (Å²) in [5.41, 5.74) is 1.98. The van der Waals surface area contributed by atoms with E-state index in [1.807, 2.05) is 19.1 Å². The largest absolute Gasteiger partial charge is 0.463 e. The molecule has 5 rings (SSSR count). The van der Waals surface area contributed by atoms with E-state index in [1.165, 1.54) is 6.42 Å². The second kappa shape index (κ2) is 5.48. The molecule has 0 aromatic carbocycles. The van der Waals surface area contributed by atoms with Gasteiger partial charge in [0.25, 0.3) is 0 Å². The topological polar surface area (TPSA) is 62.4 Å². The molecular weight excluding hydrogens is 278 g/mol. The van der Waals surface area contributed by atoms with Gasteiger partial charge in [0.15, 0.2) is 5.76 Å². The minimum Gasteiger partial charge on any atom is -0.463 e. The second-order valence-corrected chi connectivity index (χ2v) is 6.42. The van der Waals surface area contributed by atoms with Crippen molar-refractivity contribution in [3.63, 3.8) is 0 Å². The van der Waals surface area contributed by atoms with E-state index in [2.05, 4.69) is 16.0 Å². The standard InChI is InChI=1S/C17H21N3O2/c1-11-18-15(8-16(19-11)17-3-2-6-22-17)14-9-20-5-4-12(14)7-13(20)10-21/h2-3,6,8,12-14,21H,4-5,7,9-10H2,1H3/t12-,13+,14+/m0/s1. The number of aromatic nitrogens is 2. The summed E-state index contributed by atoms with van der Waals surface area (Å²) in [7, 11) is 0. The predicted octanol–water partition coefficient (Wildman–Crippen LogP) is 2.22. The molecule has 0 spiro atoms. The molecule has 2 bridgehead atoms. The Morgan fingerprint density at radius 3 is 3.00 bits per heavy atom. The van der Waals surface area contributed by atoms with Gasteiger partial charge in [-0.15, -0.1) is 0 Å². The first-order chi connectivity index (χ1) is 10.7. The summed E-state index contributed by atoms with van der Waals surface area (Å²) in [5, 5.41) is 9.50. The fraction of sp³-hybridized carbons (Fsp3) is 0.529. The maximum atomic E-state index is 9.50. The average Bonchev–Trinajstić information content (AvgIpc) is 3.09. The molecule has 116 valence electrons. The van der Waals surface area contributed by atoms with Gasteiger partial charge >= 0.3 is 0 Å². The molecular formula is C17H21N3O2. The Labute approximate surface area is 130 Å². The van der Waals surface area contributed by atoms with Crippen LogP contribution in [0.2, 0.25) is 0 Å². The Hall–Kier alpha value is -1.72. The number of furan rings is 1. The average molecular weight is 299 g/mol. The Kier molecular flexibility index (Phi) is 3.47. The lowest BCUT2D eigenvalue weighted by Gasteiger charge is -2.49. The zero-order valence-electron chi connectivity index (χ0n) is 12.8. The van der Waals surface area contributed by atoms with E-state index in [0.717, 1.165) is 42.5 Å². The third kappa shape index (κ3) is 2.34. The highest BCUT2D eigenvalue weighted by molar-refractivity contribution is 5.52. The van der Waals surface area contributed by atoms with Crippen LogP contribution in [-0.2, 0) is 0 Å². The quantitative estimate of drug-likeness (QED) is 0.941. The number of aryl methyl sites for hydroxylation is 1. The minimum atomic E-state index is 0.268. The molecule has 0 radical (unpaired) electrons. The van der Waals surface area contributed by atoms with Gasteiger partial charge in [-0.2, -0.15) is 0 Å². The fourth-order valence-corrected chi connectivity index (χ4v) is 3.99. The molecule has 1 N–H and O–H groups in total. The molecule has 3 aliphatic heterocycles. The number of rotatable bonds is 3. The van der Waals surface area contributed by atoms with Crippen molar-refractivity contribution >= 4 is 0 Å². The molecule has 3 aliphatic rings. The number of aliphatic hydroxyl groups is 1. The van der Waals surface area contributed by atoms with Crippen LogP contribution in [0.3, 0.4) is 0 Å². The van der Waals surface area contributed by atoms with E-state index >= 15 is 0 Å². The molecule has 1 unspecified atom stereocenters. The van der Waals surface area contributed by atoms with Gasteiger partial charge in [-0.3, -0.25) is 4.90 Å². The van der Waals surface area contributed by atoms with Crippen LogP contribution in [0.25, 0.3) is 11.5 Å². The molecule has 0 amide bonds. The first kappa shape index (κ1) is 13.9. The molecule has 5 nitrogen and oxygen atoms in total. The number of aliphatic hydroxyl groups excluding tert-OH is 1. The van der Waals surface area contributed by atoms with Crippen LogP contribution in [0.5, 0.6) is 0 Å². The van der Waals surface area contributed by atoms with Crippen LogP contribution in [0.15, 0.2) is 28.9 Å². The van der Waals surface area contributed by atoms with Crippen molar-refractivity contribution in [2.24, 2.45) is 5.92 Å². The van der Waals surface area contributed by atoms with Crippen molar-refractivity contribution in [1.82, 2.24) is 14.9 Å². The first-order valence-corrected chi connectivity index (χ1v) is 7.99. The van der Waals surface area contributed by atoms with Crippen molar-refractivity contribution in [3.05, 3.63) is 36.0 Å². The smallest absolute Gasteiger partial charge is 0.152 e. The number of nitrogens with zero attached hydrogens (tertiary/aromatic N) is 3. The van der Waals surface area contributed by atoms with E-state index in [1.54, 1.807) is 6.26 Å². The second-order valence-electron chi connectivity index (χ2n) is 6.42. The predicted molar refractivity (Wildman–Crippen MR) is 82.4 cm³/mol. The molecule has 5 heteroatoms. The van der Waals surface area contributed by atoms with E-state index in [9.17, 15) is 5.11 Å². The number of hydrogen-bond donors (Lipinski definition) is 1. The van der Waals surface area contributed by atoms with Gasteiger partial charge in [-0.05, 0) is 50.4 Å². The van der Waals surface area contributed by atoms with Gasteiger partial charge in [0, 0.05) is 24.2 Å². The van der Waals surface area contributed by atoms with Gasteiger partial charge < -0.3 is 9.52 Å². The minimum absolute atomic E-state index is 0.268. The third-order valence-corrected chi connectivity index (χ3v) is 5.10. The number of piperidine rings is 3. The Bertz CT molecular complexity index is 656. The van der Waals surface area contributed by atoms with Crippen molar-refractivity contribution in [2.45, 2.75) is 31.7 Å². The molecule has 22 heavy (non-hydrogen) atoms. The highest BCUT2D eigenvalue weighted by Gasteiger charge is 2.41. The van der Waals surface area contributed by atoms with E-state index < -0.39 is 0 Å². The number of fused-ring (bicyclic) bond motifs is 3. The summed E-state index contributed by atoms with van der Waals surface area (Å²) in [6, 6.07) is 6.23. The Morgan fingerprint density at radius 1 is 1.41 bits per heavy atom. The van der Waals surface area contributed by atoms with Crippen LogP contribution in [0.1, 0.15) is 30.3 Å². The summed E-state index contributed by atoms with van der Waals surface area (Å²) >= 11 is 0. The van der Waals surface area contributed by atoms with Crippen molar-refractivity contribution in [2.75, 3.05) is 19.7 Å². The summed E-state index contributed by atoms with van der Waals surface area (Å²) in [5.74, 6) is 2.63. The van der Waals surface area contributed by atoms with Crippen LogP contribution < -0.4 is 0 Å². The van der Waals surface area contributed by atoms with Crippen LogP contribution in [0, 0.1) is 12.8 Å². The van der Waals surface area contributed by atoms with Gasteiger partial charge in [0.2, 0.25) is 0 Å². The molecule has 2 aromatic rings. The lowest BCUT2D eigenvalue weighted by atomic mass is 9.74. The van der Waals surface area contributed by atoms with Crippen LogP contribution in [0.4, 0.5) is 0 Å². The lowest BCUT2D eigenvalue weighted by Crippen LogP contribution is -2.53. The normalized spacial score (nSPS) is 30.6. The maximum Gasteiger partial charge on any atom is 0.152 e. The maximum absolute atomic E-state index is 9.50. The van der Waals surface area contributed by atoms with Gasteiger partial charge in [-0.25, -0.2) is 9.97 Å². The highest BCUT2D eigenvalue weighted by Crippen LogP contribution is 2.41. The summed E-state index contributed by atoms with van der Waals surface area (Å²) in [4.78, 5) is 11.6. The van der Waals surface area contributed by atoms with E-state index in [4.69, 9.17) is 9.40 Å². The highest BCUT2D eigenvalue weighted by atomic mass is 16.3. The molecule has 2 aromatic heterocycles. The number of hydrogen-bond acceptors (Lipinski definition) is 5. The molecule has 3 saturated heterocycles. The molecule has 4 atom stereocenters. The lowest BCUT2D eigenvalue weighted by molar-refractivity contribution is 0.00182. The SMILES string of the molecule is Cc1nc(-c2ccco2)cc([C@@H]2CN3CC[C@H]2C[C@@H]3CO)n1. The van der Waals surface area contributed by atoms with Crippen molar-refractivity contribution < 1.29 is 9.52 Å². The Balaban J connectivity index is 1.66. The van der Waals surface area contributed by atoms with E-state index in [-0.39, 0.29) is 6.61 Å². The first-order valence-electron chi connectivity index (χ1n) is 7.99. The molecule has 5 heterocycles. The van der Waals surface area contributed by atoms with Crippen molar-refractivity contribution in [3.8, 4) is 11.5 Å². The van der Waals surface area contributed by atoms with Gasteiger partial charge in [0.05, 0.1) is 12.9 Å². The Morgan fingerprint density at radius 2 is 2.32 bits per heavy atom. The fourth-order valence-electron chi connectivity index (χ4n) is 3.99. The van der Waals surface area contributed by atoms with Crippen molar-refractivity contribution in [1.29, 1.82) is 0 Å². The summed E-state index contributed by atoms with van der Waals surface area (Å²) in [6.07, 6.45) is 3.94. The van der Waals surface area contributed by atoms with E-state index in [0.29, 0.717) is 17.9 Å². The van der Waals surface area contributed by atoms with Gasteiger partial charge in [0.1, 0.15) is 11.5 Å². The monoisotopic (exact) mass is 299 g/mol. The zero-order chi connectivity index (χ0) is 15.1. The van der Waals surface area contributed by atoms with Gasteiger partial charge in [-0.1, -0.05) is 0 Å². The summed E-state index contributed by atoms with van der Waals surface area (Å²) < 4.78 is 5.48. The summed E-state index contributed by atoms with van der Waals surface area (Å²) in [6.45, 7) is 4.29. The van der Waals surface area contributed by atoms with Crippen LogP contribution in [-0.4, -0.2) is 45.7 Å². The molecule has 3 fully saturated rings. The molecule has 0 aliphatic carbocycles. The van der Waals surface area contributed by atoms with Crippen LogP contribution >= 0.6 is 0 Å². The molecule has 0 saturated carbocycles. The third-order valence-electron chi connectivity index (χ3n) is 5.10.